The number of nitrogens with zero attached hydrogens (tertiary/aromatic N) is 1. The molecule has 0 radical (unpaired) electrons. The van der Waals surface area contributed by atoms with Crippen molar-refractivity contribution < 1.29 is 5.11 Å². The average molecular weight is 257 g/mol. The maximum absolute atomic E-state index is 12.5. The highest BCUT2D eigenvalue weighted by Gasteiger charge is 2.23. The van der Waals surface area contributed by atoms with Crippen LogP contribution in [0.15, 0.2) is 35.1 Å². The standard InChI is InChI=1S/C16H19NO2/c1-17-15-5-3-2-4-12(15)10-14(16(17)19)11-6-8-13(18)9-7-11/h2-5,10-11,13,18H,6-9H2,1H3. The SMILES string of the molecule is Cn1c(=O)c(C2CCC(O)CC2)cc2ccccc21. The molecular weight excluding hydrogens is 238 g/mol. The zero-order valence-corrected chi connectivity index (χ0v) is 11.2. The molecule has 0 unspecified atom stereocenters. The van der Waals surface area contributed by atoms with Crippen molar-refractivity contribution in [1.29, 1.82) is 0 Å². The lowest BCUT2D eigenvalue weighted by Gasteiger charge is -2.25. The minimum atomic E-state index is -0.180. The Morgan fingerprint density at radius 3 is 2.58 bits per heavy atom. The minimum Gasteiger partial charge on any atom is -0.393 e. The quantitative estimate of drug-likeness (QED) is 0.853. The summed E-state index contributed by atoms with van der Waals surface area (Å²) in [5.41, 5.74) is 2.00. The Morgan fingerprint density at radius 2 is 1.84 bits per heavy atom. The van der Waals surface area contributed by atoms with Gasteiger partial charge in [0.15, 0.2) is 0 Å². The van der Waals surface area contributed by atoms with Gasteiger partial charge in [0.05, 0.1) is 11.6 Å². The topological polar surface area (TPSA) is 42.2 Å². The first-order valence-electron chi connectivity index (χ1n) is 6.93. The Balaban J connectivity index is 2.09. The first-order chi connectivity index (χ1) is 9.16. The van der Waals surface area contributed by atoms with E-state index in [1.807, 2.05) is 31.3 Å². The van der Waals surface area contributed by atoms with E-state index in [0.29, 0.717) is 5.92 Å². The molecule has 1 heterocycles. The van der Waals surface area contributed by atoms with E-state index >= 15 is 0 Å². The van der Waals surface area contributed by atoms with Crippen molar-refractivity contribution in [2.24, 2.45) is 7.05 Å². The van der Waals surface area contributed by atoms with Crippen LogP contribution in [0.1, 0.15) is 37.2 Å². The molecule has 1 saturated carbocycles. The van der Waals surface area contributed by atoms with Gasteiger partial charge in [-0.1, -0.05) is 18.2 Å². The Bertz CT molecular complexity index is 651. The van der Waals surface area contributed by atoms with Gasteiger partial charge < -0.3 is 9.67 Å². The number of pyridine rings is 1. The Kier molecular flexibility index (Phi) is 3.15. The van der Waals surface area contributed by atoms with Crippen LogP contribution in [0, 0.1) is 0 Å². The van der Waals surface area contributed by atoms with Crippen molar-refractivity contribution in [1.82, 2.24) is 4.57 Å². The molecule has 0 saturated heterocycles. The molecule has 0 bridgehead atoms. The summed E-state index contributed by atoms with van der Waals surface area (Å²) >= 11 is 0. The van der Waals surface area contributed by atoms with Gasteiger partial charge in [-0.3, -0.25) is 4.79 Å². The van der Waals surface area contributed by atoms with Crippen LogP contribution in [0.5, 0.6) is 0 Å². The smallest absolute Gasteiger partial charge is 0.254 e. The maximum atomic E-state index is 12.5. The molecule has 1 N–H and O–H groups in total. The molecule has 2 aromatic rings. The predicted molar refractivity (Wildman–Crippen MR) is 76.4 cm³/mol. The van der Waals surface area contributed by atoms with Crippen LogP contribution in [-0.2, 0) is 7.05 Å². The highest BCUT2D eigenvalue weighted by atomic mass is 16.3. The van der Waals surface area contributed by atoms with Crippen molar-refractivity contribution in [2.75, 3.05) is 0 Å². The summed E-state index contributed by atoms with van der Waals surface area (Å²) in [7, 11) is 1.84. The van der Waals surface area contributed by atoms with Crippen LogP contribution in [-0.4, -0.2) is 15.8 Å². The van der Waals surface area contributed by atoms with Crippen LogP contribution in [0.2, 0.25) is 0 Å². The molecular formula is C16H19NO2. The lowest BCUT2D eigenvalue weighted by molar-refractivity contribution is 0.122. The van der Waals surface area contributed by atoms with Crippen LogP contribution in [0.25, 0.3) is 10.9 Å². The van der Waals surface area contributed by atoms with E-state index < -0.39 is 0 Å². The number of hydrogen-bond donors (Lipinski definition) is 1. The third-order valence-electron chi connectivity index (χ3n) is 4.30. The van der Waals surface area contributed by atoms with Gasteiger partial charge >= 0.3 is 0 Å². The molecule has 0 amide bonds. The van der Waals surface area contributed by atoms with Crippen LogP contribution < -0.4 is 5.56 Å². The number of hydrogen-bond acceptors (Lipinski definition) is 2. The zero-order valence-electron chi connectivity index (χ0n) is 11.2. The molecule has 1 aromatic carbocycles. The molecule has 19 heavy (non-hydrogen) atoms. The first kappa shape index (κ1) is 12.4. The number of aliphatic hydroxyl groups excluding tert-OH is 1. The number of aliphatic hydroxyl groups is 1. The largest absolute Gasteiger partial charge is 0.393 e. The molecule has 0 spiro atoms. The van der Waals surface area contributed by atoms with E-state index in [9.17, 15) is 9.90 Å². The van der Waals surface area contributed by atoms with E-state index in [4.69, 9.17) is 0 Å². The van der Waals surface area contributed by atoms with Gasteiger partial charge in [0.2, 0.25) is 0 Å². The normalized spacial score (nSPS) is 23.7. The van der Waals surface area contributed by atoms with Crippen LogP contribution >= 0.6 is 0 Å². The third kappa shape index (κ3) is 2.19. The van der Waals surface area contributed by atoms with Crippen molar-refractivity contribution >= 4 is 10.9 Å². The third-order valence-corrected chi connectivity index (χ3v) is 4.30. The van der Waals surface area contributed by atoms with E-state index in [0.717, 1.165) is 42.1 Å². The van der Waals surface area contributed by atoms with Gasteiger partial charge in [-0.15, -0.1) is 0 Å². The summed E-state index contributed by atoms with van der Waals surface area (Å²) in [6.07, 6.45) is 3.26. The van der Waals surface area contributed by atoms with Crippen molar-refractivity contribution in [3.8, 4) is 0 Å². The fourth-order valence-electron chi connectivity index (χ4n) is 3.13. The molecule has 1 aliphatic carbocycles. The van der Waals surface area contributed by atoms with Crippen molar-refractivity contribution in [2.45, 2.75) is 37.7 Å². The van der Waals surface area contributed by atoms with Gasteiger partial charge in [-0.25, -0.2) is 0 Å². The minimum absolute atomic E-state index is 0.111. The van der Waals surface area contributed by atoms with E-state index in [1.165, 1.54) is 0 Å². The van der Waals surface area contributed by atoms with Gasteiger partial charge in [0, 0.05) is 12.6 Å². The van der Waals surface area contributed by atoms with Gasteiger partial charge in [0.1, 0.15) is 0 Å². The monoisotopic (exact) mass is 257 g/mol. The molecule has 3 rings (SSSR count). The van der Waals surface area contributed by atoms with Crippen LogP contribution in [0.3, 0.4) is 0 Å². The lowest BCUT2D eigenvalue weighted by atomic mass is 9.83. The summed E-state index contributed by atoms with van der Waals surface area (Å²) in [6.45, 7) is 0. The molecule has 100 valence electrons. The molecule has 1 fully saturated rings. The molecule has 3 nitrogen and oxygen atoms in total. The number of fused-ring (bicyclic) bond motifs is 1. The van der Waals surface area contributed by atoms with Crippen LogP contribution in [0.4, 0.5) is 0 Å². The van der Waals surface area contributed by atoms with Crippen molar-refractivity contribution in [3.05, 3.63) is 46.2 Å². The number of aryl methyl sites for hydroxylation is 1. The summed E-state index contributed by atoms with van der Waals surface area (Å²) in [5, 5.41) is 10.7. The second-order valence-electron chi connectivity index (χ2n) is 5.53. The molecule has 1 aliphatic rings. The average Bonchev–Trinajstić information content (AvgIpc) is 2.44. The zero-order chi connectivity index (χ0) is 13.4. The first-order valence-corrected chi connectivity index (χ1v) is 6.93. The Hall–Kier alpha value is -1.61. The summed E-state index contributed by atoms with van der Waals surface area (Å²) in [6, 6.07) is 10.0. The molecule has 3 heteroatoms. The number of para-hydroxylation sites is 1. The van der Waals surface area contributed by atoms with Crippen molar-refractivity contribution in [3.63, 3.8) is 0 Å². The molecule has 0 atom stereocenters. The fourth-order valence-corrected chi connectivity index (χ4v) is 3.13. The van der Waals surface area contributed by atoms with E-state index in [2.05, 4.69) is 6.07 Å². The second kappa shape index (κ2) is 4.82. The molecule has 0 aliphatic heterocycles. The lowest BCUT2D eigenvalue weighted by Crippen LogP contribution is -2.26. The molecule has 1 aromatic heterocycles. The maximum Gasteiger partial charge on any atom is 0.254 e. The summed E-state index contributed by atoms with van der Waals surface area (Å²) < 4.78 is 1.75. The Labute approximate surface area is 112 Å². The van der Waals surface area contributed by atoms with E-state index in [-0.39, 0.29) is 11.7 Å². The highest BCUT2D eigenvalue weighted by molar-refractivity contribution is 5.79. The van der Waals surface area contributed by atoms with Gasteiger partial charge in [0.25, 0.3) is 5.56 Å². The van der Waals surface area contributed by atoms with E-state index in [1.54, 1.807) is 4.57 Å². The summed E-state index contributed by atoms with van der Waals surface area (Å²) in [5.74, 6) is 0.298. The fraction of sp³-hybridized carbons (Fsp3) is 0.438. The predicted octanol–water partition coefficient (Wildman–Crippen LogP) is 2.56. The van der Waals surface area contributed by atoms with Gasteiger partial charge in [-0.2, -0.15) is 0 Å². The number of aromatic nitrogens is 1. The number of benzene rings is 1. The van der Waals surface area contributed by atoms with Gasteiger partial charge in [-0.05, 0) is 49.1 Å². The Morgan fingerprint density at radius 1 is 1.16 bits per heavy atom. The number of rotatable bonds is 1. The highest BCUT2D eigenvalue weighted by Crippen LogP contribution is 2.32. The summed E-state index contributed by atoms with van der Waals surface area (Å²) in [4.78, 5) is 12.5. The second-order valence-corrected chi connectivity index (χ2v) is 5.53.